The van der Waals surface area contributed by atoms with Crippen LogP contribution < -0.4 is 5.32 Å². The van der Waals surface area contributed by atoms with Crippen molar-refractivity contribution in [2.45, 2.75) is 32.2 Å². The minimum absolute atomic E-state index is 0.0758. The molecule has 0 spiro atoms. The van der Waals surface area contributed by atoms with Crippen LogP contribution in [0.2, 0.25) is 0 Å². The lowest BCUT2D eigenvalue weighted by Gasteiger charge is -2.19. The first-order valence-corrected chi connectivity index (χ1v) is 5.63. The van der Waals surface area contributed by atoms with Gasteiger partial charge >= 0.3 is 0 Å². The second-order valence-electron chi connectivity index (χ2n) is 4.87. The second-order valence-corrected chi connectivity index (χ2v) is 4.87. The SMILES string of the molecule is CC(C)CNC1(c2cccc(F)c2)CC1. The summed E-state index contributed by atoms with van der Waals surface area (Å²) in [6.07, 6.45) is 2.26. The molecule has 0 atom stereocenters. The molecule has 0 aliphatic heterocycles. The monoisotopic (exact) mass is 207 g/mol. The van der Waals surface area contributed by atoms with Crippen LogP contribution in [0.3, 0.4) is 0 Å². The minimum Gasteiger partial charge on any atom is -0.307 e. The molecule has 0 aromatic heterocycles. The van der Waals surface area contributed by atoms with Crippen LogP contribution in [0.15, 0.2) is 24.3 Å². The molecule has 1 aliphatic carbocycles. The van der Waals surface area contributed by atoms with Gasteiger partial charge in [0.25, 0.3) is 0 Å². The zero-order valence-corrected chi connectivity index (χ0v) is 9.39. The minimum atomic E-state index is -0.134. The summed E-state index contributed by atoms with van der Waals surface area (Å²) >= 11 is 0. The fourth-order valence-electron chi connectivity index (χ4n) is 1.88. The maximum atomic E-state index is 13.1. The molecular weight excluding hydrogens is 189 g/mol. The van der Waals surface area contributed by atoms with Gasteiger partial charge in [0.05, 0.1) is 0 Å². The van der Waals surface area contributed by atoms with E-state index in [1.807, 2.05) is 6.07 Å². The van der Waals surface area contributed by atoms with E-state index in [-0.39, 0.29) is 11.4 Å². The Balaban J connectivity index is 2.09. The van der Waals surface area contributed by atoms with Gasteiger partial charge in [-0.15, -0.1) is 0 Å². The quantitative estimate of drug-likeness (QED) is 0.800. The Labute approximate surface area is 90.7 Å². The van der Waals surface area contributed by atoms with E-state index < -0.39 is 0 Å². The third-order valence-corrected chi connectivity index (χ3v) is 2.98. The molecule has 82 valence electrons. The van der Waals surface area contributed by atoms with E-state index in [0.717, 1.165) is 24.9 Å². The second kappa shape index (κ2) is 3.93. The van der Waals surface area contributed by atoms with Gasteiger partial charge in [-0.1, -0.05) is 26.0 Å². The van der Waals surface area contributed by atoms with Crippen molar-refractivity contribution in [2.24, 2.45) is 5.92 Å². The van der Waals surface area contributed by atoms with Gasteiger partial charge in [0.15, 0.2) is 0 Å². The lowest BCUT2D eigenvalue weighted by atomic mass is 10.0. The van der Waals surface area contributed by atoms with Gasteiger partial charge in [-0.2, -0.15) is 0 Å². The summed E-state index contributed by atoms with van der Waals surface area (Å²) in [6.45, 7) is 5.37. The highest BCUT2D eigenvalue weighted by Gasteiger charge is 2.43. The summed E-state index contributed by atoms with van der Waals surface area (Å²) in [4.78, 5) is 0. The summed E-state index contributed by atoms with van der Waals surface area (Å²) in [6, 6.07) is 6.97. The smallest absolute Gasteiger partial charge is 0.123 e. The van der Waals surface area contributed by atoms with Crippen LogP contribution in [0.5, 0.6) is 0 Å². The Morgan fingerprint density at radius 2 is 2.13 bits per heavy atom. The molecule has 2 heteroatoms. The van der Waals surface area contributed by atoms with Gasteiger partial charge in [-0.25, -0.2) is 4.39 Å². The summed E-state index contributed by atoms with van der Waals surface area (Å²) in [5, 5.41) is 3.55. The molecule has 1 aromatic rings. The van der Waals surface area contributed by atoms with Crippen LogP contribution in [0, 0.1) is 11.7 Å². The largest absolute Gasteiger partial charge is 0.307 e. The van der Waals surface area contributed by atoms with Crippen LogP contribution >= 0.6 is 0 Å². The van der Waals surface area contributed by atoms with E-state index in [9.17, 15) is 4.39 Å². The van der Waals surface area contributed by atoms with Gasteiger partial charge in [-0.05, 0) is 43.0 Å². The van der Waals surface area contributed by atoms with Crippen LogP contribution in [0.4, 0.5) is 4.39 Å². The van der Waals surface area contributed by atoms with Gasteiger partial charge in [0.2, 0.25) is 0 Å². The van der Waals surface area contributed by atoms with Crippen LogP contribution in [0.1, 0.15) is 32.3 Å². The molecule has 0 unspecified atom stereocenters. The van der Waals surface area contributed by atoms with E-state index in [0.29, 0.717) is 5.92 Å². The van der Waals surface area contributed by atoms with Crippen molar-refractivity contribution < 1.29 is 4.39 Å². The standard InChI is InChI=1S/C13H18FN/c1-10(2)9-15-13(6-7-13)11-4-3-5-12(14)8-11/h3-5,8,10,15H,6-7,9H2,1-2H3. The van der Waals surface area contributed by atoms with Crippen molar-refractivity contribution in [1.82, 2.24) is 5.32 Å². The lowest BCUT2D eigenvalue weighted by Crippen LogP contribution is -2.32. The van der Waals surface area contributed by atoms with E-state index in [4.69, 9.17) is 0 Å². The summed E-state index contributed by atoms with van der Waals surface area (Å²) < 4.78 is 13.1. The van der Waals surface area contributed by atoms with Gasteiger partial charge in [-0.3, -0.25) is 0 Å². The first-order valence-electron chi connectivity index (χ1n) is 5.63. The molecule has 1 saturated carbocycles. The van der Waals surface area contributed by atoms with Crippen molar-refractivity contribution >= 4 is 0 Å². The van der Waals surface area contributed by atoms with Crippen LogP contribution in [-0.2, 0) is 5.54 Å². The number of hydrogen-bond acceptors (Lipinski definition) is 1. The third kappa shape index (κ3) is 2.37. The van der Waals surface area contributed by atoms with Gasteiger partial charge in [0.1, 0.15) is 5.82 Å². The molecular formula is C13H18FN. The molecule has 2 rings (SSSR count). The Morgan fingerprint density at radius 3 is 2.67 bits per heavy atom. The average molecular weight is 207 g/mol. The van der Waals surface area contributed by atoms with E-state index in [1.165, 1.54) is 6.07 Å². The maximum absolute atomic E-state index is 13.1. The molecule has 0 amide bonds. The summed E-state index contributed by atoms with van der Waals surface area (Å²) in [7, 11) is 0. The molecule has 1 nitrogen and oxygen atoms in total. The molecule has 0 bridgehead atoms. The Kier molecular flexibility index (Phi) is 2.79. The molecule has 1 aromatic carbocycles. The highest BCUT2D eigenvalue weighted by Crippen LogP contribution is 2.45. The first-order chi connectivity index (χ1) is 7.12. The zero-order valence-electron chi connectivity index (χ0n) is 9.39. The Bertz CT molecular complexity index is 342. The average Bonchev–Trinajstić information content (AvgIpc) is 2.96. The predicted octanol–water partition coefficient (Wildman–Crippen LogP) is 3.06. The van der Waals surface area contributed by atoms with Crippen LogP contribution in [-0.4, -0.2) is 6.54 Å². The number of rotatable bonds is 4. The number of benzene rings is 1. The summed E-state index contributed by atoms with van der Waals surface area (Å²) in [5.41, 5.74) is 1.18. The fraction of sp³-hybridized carbons (Fsp3) is 0.538. The van der Waals surface area contributed by atoms with E-state index >= 15 is 0 Å². The molecule has 0 radical (unpaired) electrons. The molecule has 1 aliphatic rings. The molecule has 1 N–H and O–H groups in total. The maximum Gasteiger partial charge on any atom is 0.123 e. The molecule has 0 saturated heterocycles. The van der Waals surface area contributed by atoms with Gasteiger partial charge in [0, 0.05) is 5.54 Å². The Hall–Kier alpha value is -0.890. The number of halogens is 1. The van der Waals surface area contributed by atoms with Crippen molar-refractivity contribution in [3.8, 4) is 0 Å². The van der Waals surface area contributed by atoms with Crippen molar-refractivity contribution in [1.29, 1.82) is 0 Å². The van der Waals surface area contributed by atoms with Crippen molar-refractivity contribution in [3.63, 3.8) is 0 Å². The molecule has 15 heavy (non-hydrogen) atoms. The highest BCUT2D eigenvalue weighted by atomic mass is 19.1. The zero-order chi connectivity index (χ0) is 10.9. The Morgan fingerprint density at radius 1 is 1.40 bits per heavy atom. The lowest BCUT2D eigenvalue weighted by molar-refractivity contribution is 0.458. The first kappa shape index (κ1) is 10.6. The normalized spacial score (nSPS) is 18.1. The topological polar surface area (TPSA) is 12.0 Å². The van der Waals surface area contributed by atoms with E-state index in [2.05, 4.69) is 19.2 Å². The predicted molar refractivity (Wildman–Crippen MR) is 60.2 cm³/mol. The summed E-state index contributed by atoms with van der Waals surface area (Å²) in [5.74, 6) is 0.501. The molecule has 1 fully saturated rings. The van der Waals surface area contributed by atoms with E-state index in [1.54, 1.807) is 12.1 Å². The van der Waals surface area contributed by atoms with Crippen molar-refractivity contribution in [3.05, 3.63) is 35.6 Å². The number of hydrogen-bond donors (Lipinski definition) is 1. The molecule has 0 heterocycles. The number of nitrogens with one attached hydrogen (secondary N) is 1. The van der Waals surface area contributed by atoms with Crippen molar-refractivity contribution in [2.75, 3.05) is 6.54 Å². The third-order valence-electron chi connectivity index (χ3n) is 2.98. The van der Waals surface area contributed by atoms with Gasteiger partial charge < -0.3 is 5.32 Å². The highest BCUT2D eigenvalue weighted by molar-refractivity contribution is 5.30. The fourth-order valence-corrected chi connectivity index (χ4v) is 1.88. The van der Waals surface area contributed by atoms with Crippen LogP contribution in [0.25, 0.3) is 0 Å².